The summed E-state index contributed by atoms with van der Waals surface area (Å²) < 4.78 is 0. The van der Waals surface area contributed by atoms with E-state index in [1.54, 1.807) is 0 Å². The molecule has 0 amide bonds. The van der Waals surface area contributed by atoms with Crippen molar-refractivity contribution in [1.82, 2.24) is 5.32 Å². The second-order valence-corrected chi connectivity index (χ2v) is 5.99. The molecule has 1 saturated carbocycles. The summed E-state index contributed by atoms with van der Waals surface area (Å²) in [7, 11) is 2.10. The molecule has 0 radical (unpaired) electrons. The van der Waals surface area contributed by atoms with Crippen molar-refractivity contribution in [3.05, 3.63) is 0 Å². The Morgan fingerprint density at radius 3 is 2.64 bits per heavy atom. The Morgan fingerprint density at radius 2 is 2.14 bits per heavy atom. The highest BCUT2D eigenvalue weighted by Gasteiger charge is 2.31. The van der Waals surface area contributed by atoms with Crippen molar-refractivity contribution >= 4 is 11.8 Å². The van der Waals surface area contributed by atoms with Crippen molar-refractivity contribution in [3.8, 4) is 0 Å². The Labute approximate surface area is 93.4 Å². The van der Waals surface area contributed by atoms with Crippen LogP contribution in [0.5, 0.6) is 0 Å². The maximum atomic E-state index is 3.43. The lowest BCUT2D eigenvalue weighted by molar-refractivity contribution is 0.463. The minimum Gasteiger partial charge on any atom is -0.317 e. The summed E-state index contributed by atoms with van der Waals surface area (Å²) in [6.07, 6.45) is 4.10. The molecule has 1 aliphatic rings. The predicted molar refractivity (Wildman–Crippen MR) is 66.9 cm³/mol. The van der Waals surface area contributed by atoms with Gasteiger partial charge in [0.25, 0.3) is 0 Å². The molecular formula is C12H25NS. The SMILES string of the molecule is CCC(C)CSC1CCC(NC)C1C. The van der Waals surface area contributed by atoms with Crippen LogP contribution in [0.15, 0.2) is 0 Å². The highest BCUT2D eigenvalue weighted by Crippen LogP contribution is 2.35. The van der Waals surface area contributed by atoms with Crippen LogP contribution >= 0.6 is 11.8 Å². The topological polar surface area (TPSA) is 12.0 Å². The van der Waals surface area contributed by atoms with Gasteiger partial charge in [-0.1, -0.05) is 27.2 Å². The van der Waals surface area contributed by atoms with Crippen LogP contribution in [0.1, 0.15) is 40.0 Å². The van der Waals surface area contributed by atoms with Crippen LogP contribution < -0.4 is 5.32 Å². The lowest BCUT2D eigenvalue weighted by Gasteiger charge is -2.21. The van der Waals surface area contributed by atoms with Gasteiger partial charge in [-0.05, 0) is 37.5 Å². The largest absolute Gasteiger partial charge is 0.317 e. The smallest absolute Gasteiger partial charge is 0.0101 e. The van der Waals surface area contributed by atoms with Crippen LogP contribution in [0.4, 0.5) is 0 Å². The Hall–Kier alpha value is 0.310. The molecule has 84 valence electrons. The molecule has 0 aromatic rings. The van der Waals surface area contributed by atoms with E-state index in [1.165, 1.54) is 25.0 Å². The number of nitrogens with one attached hydrogen (secondary N) is 1. The van der Waals surface area contributed by atoms with Gasteiger partial charge in [-0.2, -0.15) is 11.8 Å². The number of thioether (sulfide) groups is 1. The van der Waals surface area contributed by atoms with E-state index in [4.69, 9.17) is 0 Å². The van der Waals surface area contributed by atoms with Crippen LogP contribution in [0.3, 0.4) is 0 Å². The molecule has 4 atom stereocenters. The van der Waals surface area contributed by atoms with Crippen molar-refractivity contribution in [3.63, 3.8) is 0 Å². The maximum absolute atomic E-state index is 3.43. The second-order valence-electron chi connectivity index (χ2n) is 4.72. The Bertz CT molecular complexity index is 160. The quantitative estimate of drug-likeness (QED) is 0.756. The molecule has 0 saturated heterocycles. The zero-order valence-corrected chi connectivity index (χ0v) is 10.9. The highest BCUT2D eigenvalue weighted by atomic mass is 32.2. The fraction of sp³-hybridized carbons (Fsp3) is 1.00. The summed E-state index contributed by atoms with van der Waals surface area (Å²) in [6.45, 7) is 7.06. The minimum absolute atomic E-state index is 0.768. The first-order valence-corrected chi connectivity index (χ1v) is 7.02. The summed E-state index contributed by atoms with van der Waals surface area (Å²) >= 11 is 2.20. The van der Waals surface area contributed by atoms with Gasteiger partial charge in [0.2, 0.25) is 0 Å². The summed E-state index contributed by atoms with van der Waals surface area (Å²) in [5, 5.41) is 4.34. The molecule has 1 aliphatic carbocycles. The fourth-order valence-corrected chi connectivity index (χ4v) is 3.78. The molecule has 0 aromatic carbocycles. The zero-order valence-electron chi connectivity index (χ0n) is 10.0. The van der Waals surface area contributed by atoms with Crippen LogP contribution in [-0.2, 0) is 0 Å². The molecule has 14 heavy (non-hydrogen) atoms. The molecule has 0 bridgehead atoms. The van der Waals surface area contributed by atoms with Crippen LogP contribution in [0.25, 0.3) is 0 Å². The number of hydrogen-bond donors (Lipinski definition) is 1. The number of hydrogen-bond acceptors (Lipinski definition) is 2. The van der Waals surface area contributed by atoms with Gasteiger partial charge in [-0.25, -0.2) is 0 Å². The summed E-state index contributed by atoms with van der Waals surface area (Å²) in [5.74, 6) is 3.09. The van der Waals surface area contributed by atoms with Crippen LogP contribution in [0.2, 0.25) is 0 Å². The first-order valence-electron chi connectivity index (χ1n) is 5.97. The van der Waals surface area contributed by atoms with E-state index in [0.29, 0.717) is 0 Å². The monoisotopic (exact) mass is 215 g/mol. The van der Waals surface area contributed by atoms with Gasteiger partial charge in [-0.15, -0.1) is 0 Å². The van der Waals surface area contributed by atoms with Gasteiger partial charge in [0.1, 0.15) is 0 Å². The molecule has 4 unspecified atom stereocenters. The minimum atomic E-state index is 0.768. The summed E-state index contributed by atoms with van der Waals surface area (Å²) in [5.41, 5.74) is 0. The van der Waals surface area contributed by atoms with Crippen molar-refractivity contribution in [2.45, 2.75) is 51.3 Å². The maximum Gasteiger partial charge on any atom is 0.0101 e. The lowest BCUT2D eigenvalue weighted by Crippen LogP contribution is -2.30. The first-order chi connectivity index (χ1) is 6.69. The van der Waals surface area contributed by atoms with Gasteiger partial charge in [0, 0.05) is 11.3 Å². The van der Waals surface area contributed by atoms with E-state index < -0.39 is 0 Å². The third-order valence-electron chi connectivity index (χ3n) is 3.65. The average Bonchev–Trinajstić information content (AvgIpc) is 2.56. The number of rotatable bonds is 5. The van der Waals surface area contributed by atoms with Crippen LogP contribution in [0, 0.1) is 11.8 Å². The molecule has 1 N–H and O–H groups in total. The van der Waals surface area contributed by atoms with E-state index in [2.05, 4.69) is 44.9 Å². The second kappa shape index (κ2) is 6.02. The molecule has 1 rings (SSSR count). The van der Waals surface area contributed by atoms with Crippen molar-refractivity contribution in [2.75, 3.05) is 12.8 Å². The van der Waals surface area contributed by atoms with E-state index in [9.17, 15) is 0 Å². The molecule has 1 nitrogen and oxygen atoms in total. The third kappa shape index (κ3) is 3.16. The third-order valence-corrected chi connectivity index (χ3v) is 5.50. The fourth-order valence-electron chi connectivity index (χ4n) is 2.18. The van der Waals surface area contributed by atoms with E-state index in [-0.39, 0.29) is 0 Å². The molecule has 2 heteroatoms. The van der Waals surface area contributed by atoms with Crippen LogP contribution in [-0.4, -0.2) is 24.1 Å². The summed E-state index contributed by atoms with van der Waals surface area (Å²) in [4.78, 5) is 0. The molecule has 0 spiro atoms. The molecular weight excluding hydrogens is 190 g/mol. The van der Waals surface area contributed by atoms with E-state index >= 15 is 0 Å². The van der Waals surface area contributed by atoms with Gasteiger partial charge >= 0.3 is 0 Å². The van der Waals surface area contributed by atoms with Gasteiger partial charge in [0.05, 0.1) is 0 Å². The summed E-state index contributed by atoms with van der Waals surface area (Å²) in [6, 6.07) is 0.768. The Balaban J connectivity index is 2.26. The Morgan fingerprint density at radius 1 is 1.43 bits per heavy atom. The first kappa shape index (κ1) is 12.4. The van der Waals surface area contributed by atoms with Gasteiger partial charge in [-0.3, -0.25) is 0 Å². The zero-order chi connectivity index (χ0) is 10.6. The van der Waals surface area contributed by atoms with Crippen molar-refractivity contribution < 1.29 is 0 Å². The average molecular weight is 215 g/mol. The van der Waals surface area contributed by atoms with Gasteiger partial charge in [0.15, 0.2) is 0 Å². The van der Waals surface area contributed by atoms with Gasteiger partial charge < -0.3 is 5.32 Å². The lowest BCUT2D eigenvalue weighted by atomic mass is 10.1. The normalized spacial score (nSPS) is 34.7. The highest BCUT2D eigenvalue weighted by molar-refractivity contribution is 7.99. The molecule has 0 aromatic heterocycles. The standard InChI is InChI=1S/C12H25NS/c1-5-9(2)8-14-12-7-6-11(13-4)10(12)3/h9-13H,5-8H2,1-4H3. The van der Waals surface area contributed by atoms with Crippen molar-refractivity contribution in [2.24, 2.45) is 11.8 Å². The molecule has 0 aliphatic heterocycles. The molecule has 1 fully saturated rings. The van der Waals surface area contributed by atoms with Crippen molar-refractivity contribution in [1.29, 1.82) is 0 Å². The van der Waals surface area contributed by atoms with E-state index in [1.807, 2.05) is 0 Å². The molecule has 0 heterocycles. The predicted octanol–water partition coefficient (Wildman–Crippen LogP) is 3.15. The Kier molecular flexibility index (Phi) is 5.32. The van der Waals surface area contributed by atoms with E-state index in [0.717, 1.165) is 23.1 Å².